The van der Waals surface area contributed by atoms with Crippen molar-refractivity contribution in [1.29, 1.82) is 0 Å². The second kappa shape index (κ2) is 7.00. The second-order valence-electron chi connectivity index (χ2n) is 6.72. The van der Waals surface area contributed by atoms with E-state index >= 15 is 0 Å². The van der Waals surface area contributed by atoms with Gasteiger partial charge in [0.05, 0.1) is 10.2 Å². The van der Waals surface area contributed by atoms with E-state index in [2.05, 4.69) is 46.8 Å². The number of hydrogen-bond acceptors (Lipinski definition) is 4. The lowest BCUT2D eigenvalue weighted by molar-refractivity contribution is 0.0746. The first-order valence-corrected chi connectivity index (χ1v) is 10.3. The Bertz CT molecular complexity index is 976. The van der Waals surface area contributed by atoms with Crippen molar-refractivity contribution in [3.8, 4) is 0 Å². The Morgan fingerprint density at radius 3 is 2.62 bits per heavy atom. The van der Waals surface area contributed by atoms with Crippen molar-refractivity contribution in [2.24, 2.45) is 0 Å². The van der Waals surface area contributed by atoms with Crippen molar-refractivity contribution in [3.63, 3.8) is 0 Å². The minimum atomic E-state index is 0.0988. The Labute approximate surface area is 165 Å². The first kappa shape index (κ1) is 17.5. The number of hydrogen-bond donors (Lipinski definition) is 0. The third-order valence-electron chi connectivity index (χ3n) is 4.72. The zero-order chi connectivity index (χ0) is 18.3. The number of amides is 1. The molecule has 1 aromatic heterocycles. The highest BCUT2D eigenvalue weighted by Gasteiger charge is 2.24. The van der Waals surface area contributed by atoms with E-state index in [4.69, 9.17) is 4.98 Å². The average molecular weight is 430 g/mol. The van der Waals surface area contributed by atoms with E-state index in [1.165, 1.54) is 15.8 Å². The SMILES string of the molecule is Cc1cc(C)c2sc(N3CCN(C(=O)c4cccc(Br)c4)CC3)nc2c1. The molecule has 1 aliphatic rings. The zero-order valence-electron chi connectivity index (χ0n) is 14.8. The Morgan fingerprint density at radius 2 is 1.88 bits per heavy atom. The number of fused-ring (bicyclic) bond motifs is 1. The normalized spacial score (nSPS) is 14.9. The molecule has 0 atom stereocenters. The molecule has 0 aliphatic carbocycles. The molecule has 26 heavy (non-hydrogen) atoms. The maximum Gasteiger partial charge on any atom is 0.254 e. The first-order chi connectivity index (χ1) is 12.5. The van der Waals surface area contributed by atoms with E-state index < -0.39 is 0 Å². The minimum absolute atomic E-state index is 0.0988. The number of nitrogens with zero attached hydrogens (tertiary/aromatic N) is 3. The van der Waals surface area contributed by atoms with E-state index in [1.54, 1.807) is 11.3 Å². The third kappa shape index (κ3) is 3.35. The molecule has 3 aromatic rings. The number of benzene rings is 2. The molecule has 0 bridgehead atoms. The van der Waals surface area contributed by atoms with Gasteiger partial charge in [0.15, 0.2) is 5.13 Å². The number of thiazole rings is 1. The summed E-state index contributed by atoms with van der Waals surface area (Å²) in [4.78, 5) is 21.8. The molecule has 1 saturated heterocycles. The molecule has 1 amide bonds. The van der Waals surface area contributed by atoms with Gasteiger partial charge in [-0.1, -0.05) is 39.4 Å². The van der Waals surface area contributed by atoms with Crippen LogP contribution in [0.1, 0.15) is 21.5 Å². The van der Waals surface area contributed by atoms with Gasteiger partial charge in [-0.25, -0.2) is 4.98 Å². The molecular weight excluding hydrogens is 410 g/mol. The lowest BCUT2D eigenvalue weighted by atomic mass is 10.1. The van der Waals surface area contributed by atoms with Gasteiger partial charge in [-0.2, -0.15) is 0 Å². The lowest BCUT2D eigenvalue weighted by Crippen LogP contribution is -2.48. The van der Waals surface area contributed by atoms with Crippen molar-refractivity contribution in [1.82, 2.24) is 9.88 Å². The topological polar surface area (TPSA) is 36.4 Å². The molecule has 0 spiro atoms. The van der Waals surface area contributed by atoms with Gasteiger partial charge in [0.2, 0.25) is 0 Å². The van der Waals surface area contributed by atoms with E-state index in [9.17, 15) is 4.79 Å². The Kier molecular flexibility index (Phi) is 4.71. The molecule has 0 unspecified atom stereocenters. The fourth-order valence-electron chi connectivity index (χ4n) is 3.41. The van der Waals surface area contributed by atoms with Gasteiger partial charge in [0.1, 0.15) is 0 Å². The van der Waals surface area contributed by atoms with E-state index in [-0.39, 0.29) is 5.91 Å². The largest absolute Gasteiger partial charge is 0.345 e. The van der Waals surface area contributed by atoms with Crippen LogP contribution in [0.3, 0.4) is 0 Å². The highest BCUT2D eigenvalue weighted by atomic mass is 79.9. The van der Waals surface area contributed by atoms with Crippen LogP contribution in [0.2, 0.25) is 0 Å². The summed E-state index contributed by atoms with van der Waals surface area (Å²) in [6.07, 6.45) is 0. The van der Waals surface area contributed by atoms with Crippen LogP contribution in [0.5, 0.6) is 0 Å². The van der Waals surface area contributed by atoms with Crippen molar-refractivity contribution in [2.45, 2.75) is 13.8 Å². The van der Waals surface area contributed by atoms with Crippen molar-refractivity contribution < 1.29 is 4.79 Å². The molecular formula is C20H20BrN3OS. The van der Waals surface area contributed by atoms with E-state index in [0.29, 0.717) is 0 Å². The summed E-state index contributed by atoms with van der Waals surface area (Å²) >= 11 is 5.19. The maximum absolute atomic E-state index is 12.7. The first-order valence-electron chi connectivity index (χ1n) is 8.69. The Hall–Kier alpha value is -1.92. The lowest BCUT2D eigenvalue weighted by Gasteiger charge is -2.34. The summed E-state index contributed by atoms with van der Waals surface area (Å²) in [5.41, 5.74) is 4.34. The number of anilines is 1. The highest BCUT2D eigenvalue weighted by molar-refractivity contribution is 9.10. The number of halogens is 1. The number of carbonyl (C=O) groups excluding carboxylic acids is 1. The molecule has 134 valence electrons. The van der Waals surface area contributed by atoms with Crippen LogP contribution in [0.25, 0.3) is 10.2 Å². The fraction of sp³-hybridized carbons (Fsp3) is 0.300. The quantitative estimate of drug-likeness (QED) is 0.595. The number of rotatable bonds is 2. The van der Waals surface area contributed by atoms with Crippen molar-refractivity contribution >= 4 is 48.5 Å². The van der Waals surface area contributed by atoms with Gasteiger partial charge in [-0.15, -0.1) is 0 Å². The summed E-state index contributed by atoms with van der Waals surface area (Å²) in [6, 6.07) is 11.9. The maximum atomic E-state index is 12.7. The molecule has 1 aliphatic heterocycles. The van der Waals surface area contributed by atoms with E-state index in [0.717, 1.165) is 46.9 Å². The van der Waals surface area contributed by atoms with Crippen molar-refractivity contribution in [3.05, 3.63) is 57.6 Å². The van der Waals surface area contributed by atoms with Crippen LogP contribution in [0, 0.1) is 13.8 Å². The molecule has 0 radical (unpaired) electrons. The van der Waals surface area contributed by atoms with Gasteiger partial charge in [-0.3, -0.25) is 4.79 Å². The average Bonchev–Trinajstić information content (AvgIpc) is 3.05. The number of piperazine rings is 1. The predicted octanol–water partition coefficient (Wildman–Crippen LogP) is 4.64. The molecule has 0 saturated carbocycles. The van der Waals surface area contributed by atoms with Gasteiger partial charge < -0.3 is 9.80 Å². The predicted molar refractivity (Wildman–Crippen MR) is 111 cm³/mol. The van der Waals surface area contributed by atoms with Gasteiger partial charge in [-0.05, 0) is 49.2 Å². The summed E-state index contributed by atoms with van der Waals surface area (Å²) in [6.45, 7) is 7.33. The van der Waals surface area contributed by atoms with Crippen LogP contribution in [-0.2, 0) is 0 Å². The van der Waals surface area contributed by atoms with Crippen LogP contribution < -0.4 is 4.90 Å². The van der Waals surface area contributed by atoms with Crippen LogP contribution in [0.4, 0.5) is 5.13 Å². The summed E-state index contributed by atoms with van der Waals surface area (Å²) in [7, 11) is 0. The van der Waals surface area contributed by atoms with Gasteiger partial charge >= 0.3 is 0 Å². The molecule has 2 aromatic carbocycles. The number of aryl methyl sites for hydroxylation is 2. The molecule has 4 rings (SSSR count). The fourth-order valence-corrected chi connectivity index (χ4v) is 4.87. The minimum Gasteiger partial charge on any atom is -0.345 e. The Morgan fingerprint density at radius 1 is 1.12 bits per heavy atom. The zero-order valence-corrected chi connectivity index (χ0v) is 17.2. The third-order valence-corrected chi connectivity index (χ3v) is 6.48. The highest BCUT2D eigenvalue weighted by Crippen LogP contribution is 2.32. The molecule has 6 heteroatoms. The van der Waals surface area contributed by atoms with Crippen molar-refractivity contribution in [2.75, 3.05) is 31.1 Å². The number of aromatic nitrogens is 1. The number of carbonyl (C=O) groups is 1. The van der Waals surface area contributed by atoms with Gasteiger partial charge in [0, 0.05) is 36.2 Å². The molecule has 1 fully saturated rings. The molecule has 0 N–H and O–H groups in total. The van der Waals surface area contributed by atoms with Crippen LogP contribution >= 0.6 is 27.3 Å². The second-order valence-corrected chi connectivity index (χ2v) is 8.61. The van der Waals surface area contributed by atoms with Crippen LogP contribution in [-0.4, -0.2) is 42.0 Å². The summed E-state index contributed by atoms with van der Waals surface area (Å²) < 4.78 is 2.19. The van der Waals surface area contributed by atoms with Crippen LogP contribution in [0.15, 0.2) is 40.9 Å². The summed E-state index contributed by atoms with van der Waals surface area (Å²) in [5, 5.41) is 1.06. The summed E-state index contributed by atoms with van der Waals surface area (Å²) in [5.74, 6) is 0.0988. The van der Waals surface area contributed by atoms with Gasteiger partial charge in [0.25, 0.3) is 5.91 Å². The molecule has 4 nitrogen and oxygen atoms in total. The smallest absolute Gasteiger partial charge is 0.254 e. The molecule has 2 heterocycles. The monoisotopic (exact) mass is 429 g/mol. The Balaban J connectivity index is 1.48. The standard InChI is InChI=1S/C20H20BrN3OS/c1-13-10-14(2)18-17(11-13)22-20(26-18)24-8-6-23(7-9-24)19(25)15-4-3-5-16(21)12-15/h3-5,10-12H,6-9H2,1-2H3. The van der Waals surface area contributed by atoms with E-state index in [1.807, 2.05) is 29.2 Å².